The van der Waals surface area contributed by atoms with E-state index in [1.54, 1.807) is 12.1 Å². The zero-order valence-electron chi connectivity index (χ0n) is 8.79. The Labute approximate surface area is 124 Å². The largest absolute Gasteiger partial charge is 0.489 e. The molecule has 0 radical (unpaired) electrons. The van der Waals surface area contributed by atoms with Gasteiger partial charge in [-0.3, -0.25) is 0 Å². The second-order valence-corrected chi connectivity index (χ2v) is 5.50. The van der Waals surface area contributed by atoms with Crippen LogP contribution in [0.2, 0.25) is 10.0 Å². The number of hydrogen-bond donors (Lipinski definition) is 0. The van der Waals surface area contributed by atoms with Crippen molar-refractivity contribution in [1.29, 1.82) is 0 Å². The third-order valence-corrected chi connectivity index (χ3v) is 3.69. The van der Waals surface area contributed by atoms with Gasteiger partial charge in [0.25, 0.3) is 0 Å². The van der Waals surface area contributed by atoms with Crippen LogP contribution in [0.3, 0.4) is 0 Å². The predicted octanol–water partition coefficient (Wildman–Crippen LogP) is 5.18. The Morgan fingerprint density at radius 1 is 0.941 bits per heavy atom. The first-order chi connectivity index (χ1) is 8.16. The zero-order chi connectivity index (χ0) is 12.3. The first kappa shape index (κ1) is 13.0. The highest BCUT2D eigenvalue weighted by atomic mass is 127. The molecule has 0 amide bonds. The van der Waals surface area contributed by atoms with E-state index in [9.17, 15) is 0 Å². The molecule has 0 saturated heterocycles. The van der Waals surface area contributed by atoms with E-state index in [-0.39, 0.29) is 0 Å². The van der Waals surface area contributed by atoms with Crippen molar-refractivity contribution in [3.05, 3.63) is 61.6 Å². The molecule has 2 aromatic carbocycles. The Kier molecular flexibility index (Phi) is 4.54. The molecule has 0 saturated carbocycles. The molecule has 0 fully saturated rings. The lowest BCUT2D eigenvalue weighted by Gasteiger charge is -2.09. The zero-order valence-corrected chi connectivity index (χ0v) is 12.5. The van der Waals surface area contributed by atoms with Crippen molar-refractivity contribution in [2.75, 3.05) is 0 Å². The molecule has 2 aromatic rings. The van der Waals surface area contributed by atoms with Crippen molar-refractivity contribution in [2.24, 2.45) is 0 Å². The van der Waals surface area contributed by atoms with Crippen molar-refractivity contribution in [3.63, 3.8) is 0 Å². The lowest BCUT2D eigenvalue weighted by Crippen LogP contribution is -1.97. The van der Waals surface area contributed by atoms with Crippen LogP contribution in [0.1, 0.15) is 5.56 Å². The van der Waals surface area contributed by atoms with Gasteiger partial charge in [-0.1, -0.05) is 29.3 Å². The van der Waals surface area contributed by atoms with Gasteiger partial charge in [0.05, 0.1) is 0 Å². The lowest BCUT2D eigenvalue weighted by molar-refractivity contribution is 0.306. The number of rotatable bonds is 3. The summed E-state index contributed by atoms with van der Waals surface area (Å²) in [6.45, 7) is 0.374. The van der Waals surface area contributed by atoms with E-state index in [1.807, 2.05) is 30.3 Å². The quantitative estimate of drug-likeness (QED) is 0.669. The Balaban J connectivity index is 2.10. The monoisotopic (exact) mass is 378 g/mol. The van der Waals surface area contributed by atoms with Gasteiger partial charge in [-0.25, -0.2) is 0 Å². The molecule has 0 bridgehead atoms. The highest BCUT2D eigenvalue weighted by Crippen LogP contribution is 2.25. The van der Waals surface area contributed by atoms with Crippen LogP contribution < -0.4 is 4.74 Å². The van der Waals surface area contributed by atoms with Crippen LogP contribution in [-0.2, 0) is 6.61 Å². The van der Waals surface area contributed by atoms with Crippen molar-refractivity contribution < 1.29 is 4.74 Å². The minimum atomic E-state index is 0.374. The van der Waals surface area contributed by atoms with Crippen LogP contribution in [0, 0.1) is 3.57 Å². The minimum absolute atomic E-state index is 0.374. The summed E-state index contributed by atoms with van der Waals surface area (Å²) in [7, 11) is 0. The van der Waals surface area contributed by atoms with Crippen molar-refractivity contribution in [2.45, 2.75) is 6.61 Å². The molecule has 0 aromatic heterocycles. The summed E-state index contributed by atoms with van der Waals surface area (Å²) in [6, 6.07) is 13.3. The van der Waals surface area contributed by atoms with E-state index < -0.39 is 0 Å². The van der Waals surface area contributed by atoms with Crippen molar-refractivity contribution >= 4 is 45.8 Å². The molecule has 4 heteroatoms. The average Bonchev–Trinajstić information content (AvgIpc) is 2.31. The van der Waals surface area contributed by atoms with Gasteiger partial charge in [0, 0.05) is 19.2 Å². The summed E-state index contributed by atoms with van der Waals surface area (Å²) < 4.78 is 6.81. The summed E-state index contributed by atoms with van der Waals surface area (Å²) in [5.41, 5.74) is 0.814. The summed E-state index contributed by atoms with van der Waals surface area (Å²) in [6.07, 6.45) is 0. The molecule has 0 heterocycles. The van der Waals surface area contributed by atoms with Gasteiger partial charge in [0.1, 0.15) is 12.4 Å². The lowest BCUT2D eigenvalue weighted by atomic mass is 10.2. The molecule has 88 valence electrons. The standard InChI is InChI=1S/C13H9Cl2IO/c14-12-2-1-3-13(15)11(12)8-17-10-6-4-9(16)5-7-10/h1-7H,8H2. The van der Waals surface area contributed by atoms with Crippen LogP contribution in [0.25, 0.3) is 0 Å². The highest BCUT2D eigenvalue weighted by Gasteiger charge is 2.05. The molecule has 0 aliphatic rings. The fourth-order valence-electron chi connectivity index (χ4n) is 1.36. The Bertz CT molecular complexity index is 491. The van der Waals surface area contributed by atoms with Gasteiger partial charge in [-0.2, -0.15) is 0 Å². The number of halogens is 3. The number of ether oxygens (including phenoxy) is 1. The molecular weight excluding hydrogens is 370 g/mol. The van der Waals surface area contributed by atoms with E-state index in [4.69, 9.17) is 27.9 Å². The van der Waals surface area contributed by atoms with E-state index in [0.29, 0.717) is 16.7 Å². The van der Waals surface area contributed by atoms with Gasteiger partial charge in [-0.05, 0) is 59.0 Å². The Hall–Kier alpha value is -0.450. The van der Waals surface area contributed by atoms with E-state index in [0.717, 1.165) is 11.3 Å². The SMILES string of the molecule is Clc1cccc(Cl)c1COc1ccc(I)cc1. The number of hydrogen-bond acceptors (Lipinski definition) is 1. The first-order valence-corrected chi connectivity index (χ1v) is 6.81. The molecule has 0 aliphatic carbocycles. The topological polar surface area (TPSA) is 9.23 Å². The average molecular weight is 379 g/mol. The molecule has 0 aliphatic heterocycles. The summed E-state index contributed by atoms with van der Waals surface area (Å²) in [5.74, 6) is 0.807. The smallest absolute Gasteiger partial charge is 0.119 e. The summed E-state index contributed by atoms with van der Waals surface area (Å²) >= 11 is 14.4. The minimum Gasteiger partial charge on any atom is -0.489 e. The highest BCUT2D eigenvalue weighted by molar-refractivity contribution is 14.1. The van der Waals surface area contributed by atoms with Gasteiger partial charge < -0.3 is 4.74 Å². The van der Waals surface area contributed by atoms with E-state index in [1.165, 1.54) is 3.57 Å². The summed E-state index contributed by atoms with van der Waals surface area (Å²) in [4.78, 5) is 0. The molecule has 0 N–H and O–H groups in total. The molecule has 0 unspecified atom stereocenters. The second-order valence-electron chi connectivity index (χ2n) is 3.44. The van der Waals surface area contributed by atoms with Crippen LogP contribution in [0.4, 0.5) is 0 Å². The molecule has 2 rings (SSSR count). The van der Waals surface area contributed by atoms with Gasteiger partial charge in [-0.15, -0.1) is 0 Å². The third kappa shape index (κ3) is 3.50. The van der Waals surface area contributed by atoms with Crippen LogP contribution in [0.15, 0.2) is 42.5 Å². The van der Waals surface area contributed by atoms with Crippen LogP contribution in [0.5, 0.6) is 5.75 Å². The normalized spacial score (nSPS) is 10.3. The maximum atomic E-state index is 6.06. The van der Waals surface area contributed by atoms with Crippen LogP contribution in [-0.4, -0.2) is 0 Å². The second kappa shape index (κ2) is 5.94. The molecular formula is C13H9Cl2IO. The van der Waals surface area contributed by atoms with Gasteiger partial charge in [0.15, 0.2) is 0 Å². The fourth-order valence-corrected chi connectivity index (χ4v) is 2.22. The number of benzene rings is 2. The van der Waals surface area contributed by atoms with Gasteiger partial charge in [0.2, 0.25) is 0 Å². The van der Waals surface area contributed by atoms with Gasteiger partial charge >= 0.3 is 0 Å². The predicted molar refractivity (Wildman–Crippen MR) is 80.0 cm³/mol. The van der Waals surface area contributed by atoms with Crippen molar-refractivity contribution in [1.82, 2.24) is 0 Å². The molecule has 0 spiro atoms. The third-order valence-electron chi connectivity index (χ3n) is 2.26. The van der Waals surface area contributed by atoms with Crippen molar-refractivity contribution in [3.8, 4) is 5.75 Å². The van der Waals surface area contributed by atoms with E-state index in [2.05, 4.69) is 22.6 Å². The molecule has 17 heavy (non-hydrogen) atoms. The van der Waals surface area contributed by atoms with E-state index >= 15 is 0 Å². The summed E-state index contributed by atoms with van der Waals surface area (Å²) in [5, 5.41) is 1.26. The fraction of sp³-hybridized carbons (Fsp3) is 0.0769. The van der Waals surface area contributed by atoms with Crippen LogP contribution >= 0.6 is 45.8 Å². The molecule has 1 nitrogen and oxygen atoms in total. The maximum Gasteiger partial charge on any atom is 0.119 e. The Morgan fingerprint density at radius 2 is 1.53 bits per heavy atom. The Morgan fingerprint density at radius 3 is 2.12 bits per heavy atom. The maximum absolute atomic E-state index is 6.06. The first-order valence-electron chi connectivity index (χ1n) is 4.98. The molecule has 0 atom stereocenters.